The SMILES string of the molecule is C=C(/C(=C\C)OC)N(C)C1CC1.CC.CC. The first-order chi connectivity index (χ1) is 7.70. The van der Waals surface area contributed by atoms with Crippen LogP contribution in [0.1, 0.15) is 47.5 Å². The number of methoxy groups -OCH3 is 1. The topological polar surface area (TPSA) is 12.5 Å². The number of hydrogen-bond acceptors (Lipinski definition) is 2. The smallest absolute Gasteiger partial charge is 0.137 e. The molecule has 2 nitrogen and oxygen atoms in total. The molecule has 0 heterocycles. The molecule has 0 aromatic carbocycles. The highest BCUT2D eigenvalue weighted by atomic mass is 16.5. The summed E-state index contributed by atoms with van der Waals surface area (Å²) in [6, 6.07) is 0.697. The zero-order valence-electron chi connectivity index (χ0n) is 12.1. The van der Waals surface area contributed by atoms with E-state index in [9.17, 15) is 0 Å². The molecule has 1 fully saturated rings. The fraction of sp³-hybridized carbons (Fsp3) is 0.714. The molecule has 2 heteroatoms. The van der Waals surface area contributed by atoms with Crippen LogP contribution in [0.25, 0.3) is 0 Å². The molecule has 0 aliphatic heterocycles. The molecule has 0 amide bonds. The van der Waals surface area contributed by atoms with E-state index in [-0.39, 0.29) is 0 Å². The molecule has 0 spiro atoms. The van der Waals surface area contributed by atoms with E-state index in [1.54, 1.807) is 7.11 Å². The van der Waals surface area contributed by atoms with Gasteiger partial charge >= 0.3 is 0 Å². The Hall–Kier alpha value is -0.920. The van der Waals surface area contributed by atoms with E-state index in [1.807, 2.05) is 40.7 Å². The fourth-order valence-electron chi connectivity index (χ4n) is 1.26. The molecule has 96 valence electrons. The molecule has 1 saturated carbocycles. The number of rotatable bonds is 4. The largest absolute Gasteiger partial charge is 0.495 e. The first kappa shape index (κ1) is 17.5. The first-order valence-electron chi connectivity index (χ1n) is 6.33. The summed E-state index contributed by atoms with van der Waals surface area (Å²) in [5, 5.41) is 0. The van der Waals surface area contributed by atoms with Crippen molar-refractivity contribution in [3.8, 4) is 0 Å². The summed E-state index contributed by atoms with van der Waals surface area (Å²) >= 11 is 0. The minimum absolute atomic E-state index is 0.697. The van der Waals surface area contributed by atoms with E-state index in [4.69, 9.17) is 4.74 Å². The van der Waals surface area contributed by atoms with E-state index >= 15 is 0 Å². The average Bonchev–Trinajstić information content (AvgIpc) is 3.19. The third-order valence-electron chi connectivity index (χ3n) is 2.29. The zero-order chi connectivity index (χ0) is 13.1. The Balaban J connectivity index is 0. The molecular formula is C14H29NO. The molecule has 1 aliphatic carbocycles. The van der Waals surface area contributed by atoms with Gasteiger partial charge in [-0.15, -0.1) is 0 Å². The number of ether oxygens (including phenoxy) is 1. The van der Waals surface area contributed by atoms with Gasteiger partial charge in [0.1, 0.15) is 5.76 Å². The van der Waals surface area contributed by atoms with Crippen LogP contribution in [0.2, 0.25) is 0 Å². The third kappa shape index (κ3) is 5.84. The van der Waals surface area contributed by atoms with Crippen molar-refractivity contribution in [3.63, 3.8) is 0 Å². The van der Waals surface area contributed by atoms with Gasteiger partial charge < -0.3 is 9.64 Å². The summed E-state index contributed by atoms with van der Waals surface area (Å²) < 4.78 is 5.18. The average molecular weight is 227 g/mol. The Morgan fingerprint density at radius 1 is 1.25 bits per heavy atom. The molecule has 0 atom stereocenters. The molecule has 1 aliphatic rings. The van der Waals surface area contributed by atoms with E-state index in [0.717, 1.165) is 11.5 Å². The second kappa shape index (κ2) is 10.6. The van der Waals surface area contributed by atoms with Crippen LogP contribution in [0.5, 0.6) is 0 Å². The minimum Gasteiger partial charge on any atom is -0.495 e. The maximum Gasteiger partial charge on any atom is 0.137 e. The van der Waals surface area contributed by atoms with Crippen molar-refractivity contribution >= 4 is 0 Å². The van der Waals surface area contributed by atoms with Crippen LogP contribution in [0.15, 0.2) is 24.1 Å². The van der Waals surface area contributed by atoms with Crippen LogP contribution in [0.3, 0.4) is 0 Å². The maximum absolute atomic E-state index is 5.18. The maximum atomic E-state index is 5.18. The molecule has 0 radical (unpaired) electrons. The molecule has 16 heavy (non-hydrogen) atoms. The summed E-state index contributed by atoms with van der Waals surface area (Å²) in [5.41, 5.74) is 0.988. The molecule has 0 N–H and O–H groups in total. The van der Waals surface area contributed by atoms with E-state index in [2.05, 4.69) is 18.5 Å². The second-order valence-electron chi connectivity index (χ2n) is 3.15. The van der Waals surface area contributed by atoms with Crippen LogP contribution < -0.4 is 0 Å². The van der Waals surface area contributed by atoms with Crippen LogP contribution >= 0.6 is 0 Å². The Morgan fingerprint density at radius 3 is 1.94 bits per heavy atom. The van der Waals surface area contributed by atoms with Crippen molar-refractivity contribution in [2.45, 2.75) is 53.5 Å². The Labute approximate surface area is 102 Å². The van der Waals surface area contributed by atoms with Gasteiger partial charge in [0.2, 0.25) is 0 Å². The Bertz CT molecular complexity index is 205. The van der Waals surface area contributed by atoms with Gasteiger partial charge in [-0.25, -0.2) is 0 Å². The number of nitrogens with zero attached hydrogens (tertiary/aromatic N) is 1. The molecular weight excluding hydrogens is 198 g/mol. The summed E-state index contributed by atoms with van der Waals surface area (Å²) in [7, 11) is 3.75. The van der Waals surface area contributed by atoms with E-state index < -0.39 is 0 Å². The molecule has 0 aromatic heterocycles. The predicted molar refractivity (Wildman–Crippen MR) is 73.4 cm³/mol. The van der Waals surface area contributed by atoms with Crippen molar-refractivity contribution in [1.82, 2.24) is 4.90 Å². The number of hydrogen-bond donors (Lipinski definition) is 0. The lowest BCUT2D eigenvalue weighted by atomic mass is 10.3. The van der Waals surface area contributed by atoms with Crippen molar-refractivity contribution in [3.05, 3.63) is 24.1 Å². The Kier molecular flexibility index (Phi) is 11.6. The van der Waals surface area contributed by atoms with Gasteiger partial charge in [0.05, 0.1) is 12.8 Å². The lowest BCUT2D eigenvalue weighted by molar-refractivity contribution is 0.267. The van der Waals surface area contributed by atoms with Gasteiger partial charge in [0.15, 0.2) is 0 Å². The zero-order valence-corrected chi connectivity index (χ0v) is 12.1. The predicted octanol–water partition coefficient (Wildman–Crippen LogP) is 4.20. The highest BCUT2D eigenvalue weighted by Gasteiger charge is 2.27. The third-order valence-corrected chi connectivity index (χ3v) is 2.29. The lowest BCUT2D eigenvalue weighted by Gasteiger charge is -2.22. The summed E-state index contributed by atoms with van der Waals surface area (Å²) in [5.74, 6) is 0.879. The fourth-order valence-corrected chi connectivity index (χ4v) is 1.26. The molecule has 0 unspecified atom stereocenters. The van der Waals surface area contributed by atoms with Crippen LogP contribution in [0.4, 0.5) is 0 Å². The van der Waals surface area contributed by atoms with Crippen LogP contribution in [-0.2, 0) is 4.74 Å². The van der Waals surface area contributed by atoms with Gasteiger partial charge in [-0.3, -0.25) is 0 Å². The van der Waals surface area contributed by atoms with Crippen LogP contribution in [0, 0.1) is 0 Å². The summed E-state index contributed by atoms with van der Waals surface area (Å²) in [4.78, 5) is 2.19. The van der Waals surface area contributed by atoms with Crippen molar-refractivity contribution in [1.29, 1.82) is 0 Å². The van der Waals surface area contributed by atoms with Crippen LogP contribution in [-0.4, -0.2) is 25.1 Å². The minimum atomic E-state index is 0.697. The van der Waals surface area contributed by atoms with E-state index in [1.165, 1.54) is 12.8 Å². The normalized spacial score (nSPS) is 13.8. The molecule has 0 aromatic rings. The van der Waals surface area contributed by atoms with Gasteiger partial charge in [0.25, 0.3) is 0 Å². The molecule has 0 bridgehead atoms. The number of allylic oxidation sites excluding steroid dienone is 1. The lowest BCUT2D eigenvalue weighted by Crippen LogP contribution is -2.21. The van der Waals surface area contributed by atoms with E-state index in [0.29, 0.717) is 6.04 Å². The van der Waals surface area contributed by atoms with Gasteiger partial charge in [-0.05, 0) is 25.8 Å². The molecule has 1 rings (SSSR count). The summed E-state index contributed by atoms with van der Waals surface area (Å²) in [6.07, 6.45) is 4.52. The van der Waals surface area contributed by atoms with Crippen molar-refractivity contribution in [2.75, 3.05) is 14.2 Å². The highest BCUT2D eigenvalue weighted by Crippen LogP contribution is 2.30. The van der Waals surface area contributed by atoms with Gasteiger partial charge in [0, 0.05) is 13.1 Å². The first-order valence-corrected chi connectivity index (χ1v) is 6.33. The summed E-state index contributed by atoms with van der Waals surface area (Å²) in [6.45, 7) is 14.0. The second-order valence-corrected chi connectivity index (χ2v) is 3.15. The number of likely N-dealkylation sites (N-methyl/N-ethyl adjacent to an activating group) is 1. The Morgan fingerprint density at radius 2 is 1.69 bits per heavy atom. The van der Waals surface area contributed by atoms with Gasteiger partial charge in [-0.2, -0.15) is 0 Å². The molecule has 0 saturated heterocycles. The van der Waals surface area contributed by atoms with Crippen molar-refractivity contribution in [2.24, 2.45) is 0 Å². The monoisotopic (exact) mass is 227 g/mol. The van der Waals surface area contributed by atoms with Crippen molar-refractivity contribution < 1.29 is 4.74 Å². The quantitative estimate of drug-likeness (QED) is 0.527. The highest BCUT2D eigenvalue weighted by molar-refractivity contribution is 5.22. The standard InChI is InChI=1S/C10H17NO.2C2H6/c1-5-10(12-4)8(2)11(3)9-6-7-9;2*1-2/h5,9H,2,6-7H2,1,3-4H3;2*1-2H3/b10-5+;;. The van der Waals surface area contributed by atoms with Gasteiger partial charge in [-0.1, -0.05) is 34.3 Å².